The molecule has 0 aromatic heterocycles. The van der Waals surface area contributed by atoms with Crippen LogP contribution in [0.2, 0.25) is 0 Å². The minimum Gasteiger partial charge on any atom is -0.480 e. The zero-order valence-corrected chi connectivity index (χ0v) is 15.9. The summed E-state index contributed by atoms with van der Waals surface area (Å²) in [7, 11) is 0. The largest absolute Gasteiger partial charge is 0.480 e. The Hall–Kier alpha value is -3.73. The van der Waals surface area contributed by atoms with Crippen LogP contribution in [0.3, 0.4) is 0 Å². The van der Waals surface area contributed by atoms with E-state index in [1.165, 1.54) is 4.90 Å². The van der Waals surface area contributed by atoms with Crippen LogP contribution in [0.15, 0.2) is 78.9 Å². The van der Waals surface area contributed by atoms with E-state index in [0.717, 1.165) is 11.1 Å². The smallest absolute Gasteiger partial charge is 0.319 e. The van der Waals surface area contributed by atoms with Crippen molar-refractivity contribution < 1.29 is 19.5 Å². The van der Waals surface area contributed by atoms with E-state index in [-0.39, 0.29) is 11.8 Å². The molecule has 2 bridgehead atoms. The zero-order chi connectivity index (χ0) is 20.6. The second-order valence-corrected chi connectivity index (χ2v) is 8.12. The number of carbonyl (C=O) groups excluding carboxylic acids is 2. The van der Waals surface area contributed by atoms with E-state index in [2.05, 4.69) is 0 Å². The van der Waals surface area contributed by atoms with Gasteiger partial charge in [-0.2, -0.15) is 0 Å². The lowest BCUT2D eigenvalue weighted by Gasteiger charge is -2.51. The standard InChI is InChI=1S/C25H17NO4/c27-22-20-19-15-10-4-6-12-17(15)25(24(29)30,18-13-7-5-11-16(18)19)21(20)23(28)26(22)14-8-2-1-3-9-14/h1-13,19-21H,(H,29,30)/t19?,20-,21+,25?/m0/s1. The fourth-order valence-electron chi connectivity index (χ4n) is 5.97. The van der Waals surface area contributed by atoms with E-state index in [4.69, 9.17) is 0 Å². The van der Waals surface area contributed by atoms with E-state index in [1.807, 2.05) is 30.3 Å². The number of benzene rings is 3. The molecule has 3 aromatic rings. The lowest BCUT2D eigenvalue weighted by atomic mass is 9.47. The minimum atomic E-state index is -1.58. The summed E-state index contributed by atoms with van der Waals surface area (Å²) in [5.74, 6) is -3.90. The summed E-state index contributed by atoms with van der Waals surface area (Å²) in [5, 5.41) is 10.6. The molecule has 1 N–H and O–H groups in total. The summed E-state index contributed by atoms with van der Waals surface area (Å²) in [6, 6.07) is 23.5. The van der Waals surface area contributed by atoms with E-state index in [0.29, 0.717) is 16.8 Å². The SMILES string of the molecule is O=C1[C@H]2C3c4ccccc4C(C(=O)O)(c4ccccc43)[C@H]2C(=O)N1c1ccccc1. The maximum absolute atomic E-state index is 13.7. The molecule has 1 saturated heterocycles. The monoisotopic (exact) mass is 395 g/mol. The molecule has 7 rings (SSSR count). The van der Waals surface area contributed by atoms with Crippen molar-refractivity contribution in [2.45, 2.75) is 11.3 Å². The van der Waals surface area contributed by atoms with Gasteiger partial charge in [0.1, 0.15) is 5.41 Å². The number of carboxylic acid groups (broad SMARTS) is 1. The molecule has 146 valence electrons. The van der Waals surface area contributed by atoms with Crippen LogP contribution in [0.5, 0.6) is 0 Å². The molecule has 0 radical (unpaired) electrons. The second kappa shape index (κ2) is 5.66. The molecule has 3 aliphatic carbocycles. The highest BCUT2D eigenvalue weighted by molar-refractivity contribution is 6.25. The molecule has 30 heavy (non-hydrogen) atoms. The number of amides is 2. The van der Waals surface area contributed by atoms with Crippen molar-refractivity contribution in [3.8, 4) is 0 Å². The number of carbonyl (C=O) groups is 3. The van der Waals surface area contributed by atoms with Gasteiger partial charge in [-0.25, -0.2) is 4.90 Å². The normalized spacial score (nSPS) is 28.1. The molecular weight excluding hydrogens is 378 g/mol. The van der Waals surface area contributed by atoms with Crippen molar-refractivity contribution in [2.75, 3.05) is 4.90 Å². The van der Waals surface area contributed by atoms with Gasteiger partial charge in [0.15, 0.2) is 0 Å². The highest BCUT2D eigenvalue weighted by Gasteiger charge is 2.71. The van der Waals surface area contributed by atoms with Crippen LogP contribution in [0.25, 0.3) is 0 Å². The maximum Gasteiger partial charge on any atom is 0.319 e. The molecule has 1 fully saturated rings. The molecule has 0 saturated carbocycles. The third-order valence-corrected chi connectivity index (χ3v) is 6.97. The van der Waals surface area contributed by atoms with E-state index < -0.39 is 29.1 Å². The van der Waals surface area contributed by atoms with E-state index in [9.17, 15) is 19.5 Å². The summed E-state index contributed by atoms with van der Waals surface area (Å²) < 4.78 is 0. The van der Waals surface area contributed by atoms with Crippen molar-refractivity contribution in [1.29, 1.82) is 0 Å². The van der Waals surface area contributed by atoms with Crippen LogP contribution < -0.4 is 4.90 Å². The average Bonchev–Trinajstić information content (AvgIpc) is 3.05. The molecule has 2 atom stereocenters. The number of nitrogens with zero attached hydrogens (tertiary/aromatic N) is 1. The van der Waals surface area contributed by atoms with Crippen LogP contribution in [0.4, 0.5) is 5.69 Å². The van der Waals surface area contributed by atoms with Crippen LogP contribution in [-0.2, 0) is 19.8 Å². The molecule has 0 unspecified atom stereocenters. The van der Waals surface area contributed by atoms with Gasteiger partial charge in [-0.3, -0.25) is 14.4 Å². The number of anilines is 1. The van der Waals surface area contributed by atoms with Gasteiger partial charge < -0.3 is 5.11 Å². The Balaban J connectivity index is 1.70. The third-order valence-electron chi connectivity index (χ3n) is 6.97. The Kier molecular flexibility index (Phi) is 3.24. The van der Waals surface area contributed by atoms with Crippen molar-refractivity contribution in [3.63, 3.8) is 0 Å². The molecule has 1 heterocycles. The predicted molar refractivity (Wildman–Crippen MR) is 109 cm³/mol. The summed E-state index contributed by atoms with van der Waals surface area (Å²) in [4.78, 5) is 41.6. The summed E-state index contributed by atoms with van der Waals surface area (Å²) in [5.41, 5.74) is 1.81. The Morgan fingerprint density at radius 3 is 1.87 bits per heavy atom. The fourth-order valence-corrected chi connectivity index (χ4v) is 5.97. The first-order valence-corrected chi connectivity index (χ1v) is 9.93. The van der Waals surface area contributed by atoms with Gasteiger partial charge in [0.05, 0.1) is 17.5 Å². The molecule has 3 aromatic carbocycles. The average molecular weight is 395 g/mol. The maximum atomic E-state index is 13.7. The first kappa shape index (κ1) is 17.2. The number of hydrogen-bond acceptors (Lipinski definition) is 3. The number of para-hydroxylation sites is 1. The van der Waals surface area contributed by atoms with E-state index in [1.54, 1.807) is 48.5 Å². The van der Waals surface area contributed by atoms with Crippen LogP contribution in [0.1, 0.15) is 28.2 Å². The number of hydrogen-bond donors (Lipinski definition) is 1. The summed E-state index contributed by atoms with van der Waals surface area (Å²) >= 11 is 0. The third kappa shape index (κ3) is 1.77. The van der Waals surface area contributed by atoms with Gasteiger partial charge in [-0.05, 0) is 34.4 Å². The lowest BCUT2D eigenvalue weighted by molar-refractivity contribution is -0.149. The summed E-state index contributed by atoms with van der Waals surface area (Å²) in [6.07, 6.45) is 0. The van der Waals surface area contributed by atoms with Crippen molar-refractivity contribution in [3.05, 3.63) is 101 Å². The molecule has 2 amide bonds. The van der Waals surface area contributed by atoms with Crippen molar-refractivity contribution in [1.82, 2.24) is 0 Å². The fraction of sp³-hybridized carbons (Fsp3) is 0.160. The van der Waals surface area contributed by atoms with Gasteiger partial charge in [0, 0.05) is 5.92 Å². The first-order valence-electron chi connectivity index (χ1n) is 9.93. The minimum absolute atomic E-state index is 0.323. The topological polar surface area (TPSA) is 74.7 Å². The number of imide groups is 1. The second-order valence-electron chi connectivity index (χ2n) is 8.12. The Morgan fingerprint density at radius 2 is 1.30 bits per heavy atom. The molecule has 5 heteroatoms. The number of aliphatic carboxylic acids is 1. The Morgan fingerprint density at radius 1 is 0.767 bits per heavy atom. The molecular formula is C25H17NO4. The molecule has 0 spiro atoms. The Labute approximate surface area is 172 Å². The molecule has 4 aliphatic rings. The number of carboxylic acids is 1. The van der Waals surface area contributed by atoms with Crippen LogP contribution in [-0.4, -0.2) is 22.9 Å². The summed E-state index contributed by atoms with van der Waals surface area (Å²) in [6.45, 7) is 0. The highest BCUT2D eigenvalue weighted by atomic mass is 16.4. The predicted octanol–water partition coefficient (Wildman–Crippen LogP) is 3.32. The van der Waals surface area contributed by atoms with Gasteiger partial charge in [-0.15, -0.1) is 0 Å². The van der Waals surface area contributed by atoms with Gasteiger partial charge in [0.2, 0.25) is 11.8 Å². The van der Waals surface area contributed by atoms with Gasteiger partial charge in [0.25, 0.3) is 0 Å². The van der Waals surface area contributed by atoms with Crippen LogP contribution >= 0.6 is 0 Å². The lowest BCUT2D eigenvalue weighted by Crippen LogP contribution is -2.57. The van der Waals surface area contributed by atoms with Crippen molar-refractivity contribution >= 4 is 23.5 Å². The van der Waals surface area contributed by atoms with E-state index >= 15 is 0 Å². The highest BCUT2D eigenvalue weighted by Crippen LogP contribution is 2.64. The van der Waals surface area contributed by atoms with Crippen LogP contribution in [0, 0.1) is 11.8 Å². The van der Waals surface area contributed by atoms with Gasteiger partial charge >= 0.3 is 5.97 Å². The molecule has 1 aliphatic heterocycles. The van der Waals surface area contributed by atoms with Gasteiger partial charge in [-0.1, -0.05) is 66.7 Å². The molecule has 5 nitrogen and oxygen atoms in total. The first-order chi connectivity index (χ1) is 14.6. The number of rotatable bonds is 2. The van der Waals surface area contributed by atoms with Crippen molar-refractivity contribution in [2.24, 2.45) is 11.8 Å². The zero-order valence-electron chi connectivity index (χ0n) is 15.9. The quantitative estimate of drug-likeness (QED) is 0.676. The Bertz CT molecular complexity index is 1200.